The van der Waals surface area contributed by atoms with E-state index in [1.807, 2.05) is 0 Å². The van der Waals surface area contributed by atoms with Crippen LogP contribution in [0, 0.1) is 17.8 Å². The van der Waals surface area contributed by atoms with Gasteiger partial charge < -0.3 is 4.74 Å². The normalized spacial score (nSPS) is 44.1. The van der Waals surface area contributed by atoms with Crippen molar-refractivity contribution in [2.45, 2.75) is 44.6 Å². The number of carbonyl (C=O) groups is 1. The summed E-state index contributed by atoms with van der Waals surface area (Å²) in [7, 11) is 0. The second-order valence-corrected chi connectivity index (χ2v) is 5.13. The molecule has 4 unspecified atom stereocenters. The molecule has 2 fully saturated rings. The van der Waals surface area contributed by atoms with Crippen molar-refractivity contribution in [3.05, 3.63) is 12.2 Å². The number of ether oxygens (including phenoxy) is 1. The number of hydrogen-bond donors (Lipinski definition) is 0. The van der Waals surface area contributed by atoms with Crippen molar-refractivity contribution in [1.82, 2.24) is 0 Å². The predicted octanol–water partition coefficient (Wildman–Crippen LogP) is 2.68. The van der Waals surface area contributed by atoms with Crippen LogP contribution in [0.2, 0.25) is 0 Å². The lowest BCUT2D eigenvalue weighted by molar-refractivity contribution is -0.168. The molecule has 15 heavy (non-hydrogen) atoms. The van der Waals surface area contributed by atoms with E-state index in [1.165, 1.54) is 38.5 Å². The summed E-state index contributed by atoms with van der Waals surface area (Å²) in [5.74, 6) is 1.32. The molecule has 2 aliphatic heterocycles. The zero-order chi connectivity index (χ0) is 10.3. The Hall–Kier alpha value is -0.790. The topological polar surface area (TPSA) is 26.3 Å². The zero-order valence-corrected chi connectivity index (χ0v) is 9.02. The van der Waals surface area contributed by atoms with Gasteiger partial charge in [0.05, 0.1) is 5.92 Å². The van der Waals surface area contributed by atoms with Gasteiger partial charge in [0.15, 0.2) is 0 Å². The van der Waals surface area contributed by atoms with E-state index < -0.39 is 0 Å². The predicted molar refractivity (Wildman–Crippen MR) is 57.2 cm³/mol. The number of rotatable bonds is 0. The first kappa shape index (κ1) is 9.44. The largest absolute Gasteiger partial charge is 0.457 e. The summed E-state index contributed by atoms with van der Waals surface area (Å²) >= 11 is 0. The van der Waals surface area contributed by atoms with Gasteiger partial charge in [-0.2, -0.15) is 0 Å². The fraction of sp³-hybridized carbons (Fsp3) is 0.769. The molecule has 0 N–H and O–H groups in total. The molecule has 0 aromatic rings. The van der Waals surface area contributed by atoms with Crippen LogP contribution in [0.3, 0.4) is 0 Å². The van der Waals surface area contributed by atoms with E-state index in [1.54, 1.807) is 0 Å². The SMILES string of the molecule is O=C1OC2C=CC1C1CCCCCCC21. The van der Waals surface area contributed by atoms with Crippen LogP contribution in [0.15, 0.2) is 12.2 Å². The fourth-order valence-electron chi connectivity index (χ4n) is 3.50. The van der Waals surface area contributed by atoms with Crippen LogP contribution < -0.4 is 0 Å². The van der Waals surface area contributed by atoms with E-state index in [0.717, 1.165) is 0 Å². The minimum absolute atomic E-state index is 0.0318. The number of carbonyl (C=O) groups excluding carboxylic acids is 1. The van der Waals surface area contributed by atoms with Gasteiger partial charge in [0.1, 0.15) is 6.10 Å². The maximum atomic E-state index is 11.6. The third kappa shape index (κ3) is 1.51. The van der Waals surface area contributed by atoms with Crippen molar-refractivity contribution in [2.75, 3.05) is 0 Å². The van der Waals surface area contributed by atoms with E-state index in [-0.39, 0.29) is 18.0 Å². The molecule has 4 aliphatic rings. The number of fused-ring (bicyclic) bond motifs is 1. The molecule has 0 amide bonds. The fourth-order valence-corrected chi connectivity index (χ4v) is 3.50. The monoisotopic (exact) mass is 206 g/mol. The minimum atomic E-state index is 0.0318. The smallest absolute Gasteiger partial charge is 0.313 e. The van der Waals surface area contributed by atoms with Gasteiger partial charge in [-0.05, 0) is 24.8 Å². The highest BCUT2D eigenvalue weighted by atomic mass is 16.5. The summed E-state index contributed by atoms with van der Waals surface area (Å²) in [6, 6.07) is 0. The van der Waals surface area contributed by atoms with E-state index >= 15 is 0 Å². The summed E-state index contributed by atoms with van der Waals surface area (Å²) in [6.07, 6.45) is 12.1. The highest BCUT2D eigenvalue weighted by molar-refractivity contribution is 5.77. The first-order valence-corrected chi connectivity index (χ1v) is 6.25. The quantitative estimate of drug-likeness (QED) is 0.450. The third-order valence-electron chi connectivity index (χ3n) is 4.29. The molecular formula is C13H18O2. The third-order valence-corrected chi connectivity index (χ3v) is 4.29. The van der Waals surface area contributed by atoms with Crippen molar-refractivity contribution >= 4 is 5.97 Å². The molecule has 2 heterocycles. The van der Waals surface area contributed by atoms with Crippen molar-refractivity contribution in [3.8, 4) is 0 Å². The lowest BCUT2D eigenvalue weighted by Gasteiger charge is -2.44. The lowest BCUT2D eigenvalue weighted by Crippen LogP contribution is -2.47. The molecule has 0 spiro atoms. The standard InChI is InChI=1S/C13H18O2/c14-13-11-7-8-12(15-13)10-6-4-2-1-3-5-9(10)11/h7-12H,1-6H2. The van der Waals surface area contributed by atoms with Gasteiger partial charge in [0, 0.05) is 5.92 Å². The molecule has 4 rings (SSSR count). The first-order valence-electron chi connectivity index (χ1n) is 6.25. The Balaban J connectivity index is 1.86. The molecular weight excluding hydrogens is 188 g/mol. The lowest BCUT2D eigenvalue weighted by atomic mass is 9.67. The van der Waals surface area contributed by atoms with E-state index in [2.05, 4.69) is 12.2 Å². The summed E-state index contributed by atoms with van der Waals surface area (Å²) in [5, 5.41) is 0. The number of hydrogen-bond acceptors (Lipinski definition) is 2. The second-order valence-electron chi connectivity index (χ2n) is 5.13. The summed E-state index contributed by atoms with van der Waals surface area (Å²) in [5.41, 5.74) is 0. The Labute approximate surface area is 90.7 Å². The molecule has 2 bridgehead atoms. The van der Waals surface area contributed by atoms with Crippen LogP contribution in [0.1, 0.15) is 38.5 Å². The molecule has 1 saturated heterocycles. The van der Waals surface area contributed by atoms with Crippen molar-refractivity contribution in [2.24, 2.45) is 17.8 Å². The van der Waals surface area contributed by atoms with Crippen LogP contribution in [0.25, 0.3) is 0 Å². The minimum Gasteiger partial charge on any atom is -0.457 e. The van der Waals surface area contributed by atoms with E-state index in [4.69, 9.17) is 4.74 Å². The Bertz CT molecular complexity index is 295. The summed E-state index contributed by atoms with van der Waals surface area (Å²) in [6.45, 7) is 0. The van der Waals surface area contributed by atoms with E-state index in [9.17, 15) is 4.79 Å². The summed E-state index contributed by atoms with van der Waals surface area (Å²) in [4.78, 5) is 11.6. The molecule has 0 aromatic heterocycles. The molecule has 1 saturated carbocycles. The molecule has 0 radical (unpaired) electrons. The van der Waals surface area contributed by atoms with Gasteiger partial charge in [-0.15, -0.1) is 0 Å². The maximum absolute atomic E-state index is 11.6. The number of esters is 1. The zero-order valence-electron chi connectivity index (χ0n) is 9.02. The van der Waals surface area contributed by atoms with Crippen LogP contribution >= 0.6 is 0 Å². The maximum Gasteiger partial charge on any atom is 0.313 e. The Morgan fingerprint density at radius 2 is 1.73 bits per heavy atom. The molecule has 2 heteroatoms. The van der Waals surface area contributed by atoms with Crippen LogP contribution in [0.4, 0.5) is 0 Å². The van der Waals surface area contributed by atoms with Gasteiger partial charge in [0.2, 0.25) is 0 Å². The Morgan fingerprint density at radius 1 is 1.00 bits per heavy atom. The van der Waals surface area contributed by atoms with Crippen LogP contribution in [-0.4, -0.2) is 12.1 Å². The average Bonchev–Trinajstić information content (AvgIpc) is 2.18. The van der Waals surface area contributed by atoms with Crippen LogP contribution in [0.5, 0.6) is 0 Å². The van der Waals surface area contributed by atoms with Crippen LogP contribution in [-0.2, 0) is 9.53 Å². The average molecular weight is 206 g/mol. The molecule has 82 valence electrons. The second kappa shape index (κ2) is 3.66. The van der Waals surface area contributed by atoms with E-state index in [0.29, 0.717) is 11.8 Å². The van der Waals surface area contributed by atoms with Gasteiger partial charge in [-0.25, -0.2) is 0 Å². The van der Waals surface area contributed by atoms with Crippen molar-refractivity contribution in [3.63, 3.8) is 0 Å². The first-order chi connectivity index (χ1) is 7.36. The van der Waals surface area contributed by atoms with Gasteiger partial charge in [-0.1, -0.05) is 31.8 Å². The molecule has 4 atom stereocenters. The Kier molecular flexibility index (Phi) is 2.30. The molecule has 2 aliphatic carbocycles. The van der Waals surface area contributed by atoms with Gasteiger partial charge in [-0.3, -0.25) is 4.79 Å². The Morgan fingerprint density at radius 3 is 2.47 bits per heavy atom. The van der Waals surface area contributed by atoms with Gasteiger partial charge >= 0.3 is 5.97 Å². The molecule has 0 aromatic carbocycles. The summed E-state index contributed by atoms with van der Waals surface area (Å²) < 4.78 is 5.43. The highest BCUT2D eigenvalue weighted by Crippen LogP contribution is 2.44. The highest BCUT2D eigenvalue weighted by Gasteiger charge is 2.46. The van der Waals surface area contributed by atoms with Crippen molar-refractivity contribution in [1.29, 1.82) is 0 Å². The van der Waals surface area contributed by atoms with Gasteiger partial charge in [0.25, 0.3) is 0 Å². The van der Waals surface area contributed by atoms with Crippen molar-refractivity contribution < 1.29 is 9.53 Å². The molecule has 2 nitrogen and oxygen atoms in total.